The lowest BCUT2D eigenvalue weighted by atomic mass is 9.85. The van der Waals surface area contributed by atoms with Crippen LogP contribution < -0.4 is 4.74 Å². The first-order valence-electron chi connectivity index (χ1n) is 6.05. The summed E-state index contributed by atoms with van der Waals surface area (Å²) in [5, 5.41) is 0. The molecule has 0 atom stereocenters. The van der Waals surface area contributed by atoms with Crippen LogP contribution in [0.15, 0.2) is 17.2 Å². The maximum Gasteiger partial charge on any atom is 0.177 e. The minimum Gasteiger partial charge on any atom is -0.492 e. The number of sulfone groups is 1. The maximum atomic E-state index is 11.5. The normalized spacial score (nSPS) is 12.5. The number of rotatable bonds is 5. The van der Waals surface area contributed by atoms with Crippen molar-refractivity contribution >= 4 is 9.84 Å². The third-order valence-electron chi connectivity index (χ3n) is 3.08. The van der Waals surface area contributed by atoms with Crippen molar-refractivity contribution in [1.29, 1.82) is 0 Å². The summed E-state index contributed by atoms with van der Waals surface area (Å²) in [6.45, 7) is 8.56. The second-order valence-electron chi connectivity index (χ2n) is 4.96. The summed E-state index contributed by atoms with van der Waals surface area (Å²) in [6.07, 6.45) is 3.48. The van der Waals surface area contributed by atoms with E-state index in [1.807, 2.05) is 6.92 Å². The molecule has 0 spiro atoms. The molecule has 0 aliphatic heterocycles. The molecule has 0 N–H and O–H groups in total. The number of ether oxygens (including phenoxy) is 1. The summed E-state index contributed by atoms with van der Waals surface area (Å²) < 4.78 is 28.6. The number of hydrogen-bond donors (Lipinski definition) is 0. The molecular weight excluding hydrogens is 250 g/mol. The van der Waals surface area contributed by atoms with Crippen LogP contribution >= 0.6 is 0 Å². The van der Waals surface area contributed by atoms with Crippen LogP contribution in [0.4, 0.5) is 0 Å². The highest BCUT2D eigenvalue weighted by molar-refractivity contribution is 7.90. The SMILES string of the molecule is CCOc1cc(S(C)(=O)=O)cnc1C(C)(C)CC. The smallest absolute Gasteiger partial charge is 0.177 e. The number of nitrogens with zero attached hydrogens (tertiary/aromatic N) is 1. The molecule has 0 bridgehead atoms. The van der Waals surface area contributed by atoms with E-state index in [1.165, 1.54) is 12.5 Å². The third kappa shape index (κ3) is 3.22. The zero-order valence-electron chi connectivity index (χ0n) is 11.6. The Morgan fingerprint density at radius 3 is 2.39 bits per heavy atom. The molecule has 0 unspecified atom stereocenters. The first kappa shape index (κ1) is 15.0. The van der Waals surface area contributed by atoms with Crippen LogP contribution in [0.5, 0.6) is 5.75 Å². The first-order chi connectivity index (χ1) is 8.22. The number of hydrogen-bond acceptors (Lipinski definition) is 4. The van der Waals surface area contributed by atoms with Crippen molar-refractivity contribution in [3.05, 3.63) is 18.0 Å². The molecule has 18 heavy (non-hydrogen) atoms. The zero-order valence-corrected chi connectivity index (χ0v) is 12.5. The molecule has 102 valence electrons. The van der Waals surface area contributed by atoms with Crippen LogP contribution in [-0.4, -0.2) is 26.3 Å². The topological polar surface area (TPSA) is 56.3 Å². The molecule has 0 aromatic carbocycles. The quantitative estimate of drug-likeness (QED) is 0.826. The lowest BCUT2D eigenvalue weighted by molar-refractivity contribution is 0.321. The molecule has 0 radical (unpaired) electrons. The lowest BCUT2D eigenvalue weighted by Crippen LogP contribution is -2.19. The fourth-order valence-corrected chi connectivity index (χ4v) is 2.14. The monoisotopic (exact) mass is 271 g/mol. The number of aromatic nitrogens is 1. The van der Waals surface area contributed by atoms with Gasteiger partial charge in [0.1, 0.15) is 5.75 Å². The molecule has 5 heteroatoms. The summed E-state index contributed by atoms with van der Waals surface area (Å²) >= 11 is 0. The van der Waals surface area contributed by atoms with Gasteiger partial charge in [-0.1, -0.05) is 20.8 Å². The van der Waals surface area contributed by atoms with Gasteiger partial charge in [-0.2, -0.15) is 0 Å². The fraction of sp³-hybridized carbons (Fsp3) is 0.615. The Balaban J connectivity index is 3.38. The van der Waals surface area contributed by atoms with E-state index in [-0.39, 0.29) is 10.3 Å². The molecule has 1 aromatic heterocycles. The average Bonchev–Trinajstić information content (AvgIpc) is 2.28. The van der Waals surface area contributed by atoms with E-state index in [1.54, 1.807) is 6.07 Å². The Morgan fingerprint density at radius 1 is 1.33 bits per heavy atom. The standard InChI is InChI=1S/C13H21NO3S/c1-6-13(3,4)12-11(17-7-2)8-10(9-14-12)18(5,15)16/h8-9H,6-7H2,1-5H3. The molecule has 0 aliphatic carbocycles. The summed E-state index contributed by atoms with van der Waals surface area (Å²) in [5.41, 5.74) is 0.667. The molecule has 0 fully saturated rings. The Kier molecular flexibility index (Phi) is 4.37. The van der Waals surface area contributed by atoms with Gasteiger partial charge in [0, 0.05) is 23.9 Å². The van der Waals surface area contributed by atoms with Crippen molar-refractivity contribution in [1.82, 2.24) is 4.98 Å². The highest BCUT2D eigenvalue weighted by Gasteiger charge is 2.25. The highest BCUT2D eigenvalue weighted by atomic mass is 32.2. The fourth-order valence-electron chi connectivity index (χ4n) is 1.57. The molecule has 1 heterocycles. The van der Waals surface area contributed by atoms with E-state index in [9.17, 15) is 8.42 Å². The van der Waals surface area contributed by atoms with E-state index in [0.29, 0.717) is 12.4 Å². The molecular formula is C13H21NO3S. The zero-order chi connectivity index (χ0) is 14.0. The molecule has 0 saturated carbocycles. The van der Waals surface area contributed by atoms with Gasteiger partial charge in [0.2, 0.25) is 0 Å². The molecule has 0 saturated heterocycles. The van der Waals surface area contributed by atoms with Gasteiger partial charge in [-0.15, -0.1) is 0 Å². The molecule has 0 aliphatic rings. The minimum absolute atomic E-state index is 0.138. The van der Waals surface area contributed by atoms with Crippen LogP contribution in [0.3, 0.4) is 0 Å². The Labute approximate surface area is 109 Å². The van der Waals surface area contributed by atoms with E-state index >= 15 is 0 Å². The maximum absolute atomic E-state index is 11.5. The second-order valence-corrected chi connectivity index (χ2v) is 6.98. The van der Waals surface area contributed by atoms with Crippen molar-refractivity contribution < 1.29 is 13.2 Å². The van der Waals surface area contributed by atoms with Crippen LogP contribution in [0.1, 0.15) is 39.8 Å². The van der Waals surface area contributed by atoms with E-state index in [0.717, 1.165) is 12.1 Å². The van der Waals surface area contributed by atoms with Gasteiger partial charge in [-0.3, -0.25) is 4.98 Å². The van der Waals surface area contributed by atoms with Gasteiger partial charge in [0.15, 0.2) is 9.84 Å². The van der Waals surface area contributed by atoms with Gasteiger partial charge < -0.3 is 4.74 Å². The first-order valence-corrected chi connectivity index (χ1v) is 7.95. The van der Waals surface area contributed by atoms with Gasteiger partial charge in [-0.05, 0) is 13.3 Å². The van der Waals surface area contributed by atoms with Gasteiger partial charge >= 0.3 is 0 Å². The Hall–Kier alpha value is -1.10. The van der Waals surface area contributed by atoms with Crippen molar-refractivity contribution in [2.75, 3.05) is 12.9 Å². The lowest BCUT2D eigenvalue weighted by Gasteiger charge is -2.24. The summed E-state index contributed by atoms with van der Waals surface area (Å²) in [7, 11) is -3.26. The summed E-state index contributed by atoms with van der Waals surface area (Å²) in [5.74, 6) is 0.562. The largest absolute Gasteiger partial charge is 0.492 e. The molecule has 1 rings (SSSR count). The van der Waals surface area contributed by atoms with Crippen molar-refractivity contribution in [2.24, 2.45) is 0 Å². The van der Waals surface area contributed by atoms with Crippen LogP contribution in [0.25, 0.3) is 0 Å². The van der Waals surface area contributed by atoms with Crippen molar-refractivity contribution in [3.63, 3.8) is 0 Å². The average molecular weight is 271 g/mol. The predicted molar refractivity (Wildman–Crippen MR) is 71.8 cm³/mol. The van der Waals surface area contributed by atoms with Gasteiger partial charge in [0.25, 0.3) is 0 Å². The molecule has 0 amide bonds. The van der Waals surface area contributed by atoms with Gasteiger partial charge in [0.05, 0.1) is 17.2 Å². The van der Waals surface area contributed by atoms with Crippen LogP contribution in [-0.2, 0) is 15.3 Å². The summed E-state index contributed by atoms with van der Waals surface area (Å²) in [6, 6.07) is 1.57. The van der Waals surface area contributed by atoms with Crippen molar-refractivity contribution in [2.45, 2.75) is 44.4 Å². The number of pyridine rings is 1. The third-order valence-corrected chi connectivity index (χ3v) is 4.16. The van der Waals surface area contributed by atoms with Gasteiger partial charge in [-0.25, -0.2) is 8.42 Å². The Morgan fingerprint density at radius 2 is 1.94 bits per heavy atom. The predicted octanol–water partition coefficient (Wildman–Crippen LogP) is 2.57. The van der Waals surface area contributed by atoms with E-state index in [4.69, 9.17) is 4.74 Å². The Bertz CT molecular complexity index is 521. The minimum atomic E-state index is -3.26. The van der Waals surface area contributed by atoms with Crippen LogP contribution in [0, 0.1) is 0 Å². The highest BCUT2D eigenvalue weighted by Crippen LogP contribution is 2.33. The van der Waals surface area contributed by atoms with E-state index in [2.05, 4.69) is 25.8 Å². The van der Waals surface area contributed by atoms with E-state index < -0.39 is 9.84 Å². The van der Waals surface area contributed by atoms with Crippen LogP contribution in [0.2, 0.25) is 0 Å². The second kappa shape index (κ2) is 5.26. The molecule has 1 aromatic rings. The van der Waals surface area contributed by atoms with Crippen molar-refractivity contribution in [3.8, 4) is 5.75 Å². The molecule has 4 nitrogen and oxygen atoms in total. The summed E-state index contributed by atoms with van der Waals surface area (Å²) in [4.78, 5) is 4.50.